The average Bonchev–Trinajstić information content (AvgIpc) is 2.46. The van der Waals surface area contributed by atoms with Crippen LogP contribution >= 0.6 is 0 Å². The Morgan fingerprint density at radius 1 is 1.50 bits per heavy atom. The highest BCUT2D eigenvalue weighted by Gasteiger charge is 2.29. The first-order valence-electron chi connectivity index (χ1n) is 7.35. The van der Waals surface area contributed by atoms with Crippen molar-refractivity contribution in [1.82, 2.24) is 4.90 Å². The van der Waals surface area contributed by atoms with Crippen molar-refractivity contribution in [3.63, 3.8) is 0 Å². The van der Waals surface area contributed by atoms with Gasteiger partial charge in [-0.15, -0.1) is 0 Å². The minimum absolute atomic E-state index is 0.0432. The Kier molecular flexibility index (Phi) is 5.01. The zero-order valence-electron chi connectivity index (χ0n) is 12.3. The molecule has 1 saturated heterocycles. The van der Waals surface area contributed by atoms with Crippen LogP contribution in [0.15, 0.2) is 24.3 Å². The second-order valence-corrected chi connectivity index (χ2v) is 5.49. The molecule has 2 atom stereocenters. The third-order valence-electron chi connectivity index (χ3n) is 3.83. The fraction of sp³-hybridized carbons (Fsp3) is 0.562. The lowest BCUT2D eigenvalue weighted by Gasteiger charge is -2.36. The molecule has 20 heavy (non-hydrogen) atoms. The van der Waals surface area contributed by atoms with Crippen LogP contribution in [-0.2, 0) is 4.79 Å². The number of benzene rings is 1. The van der Waals surface area contributed by atoms with E-state index in [1.807, 2.05) is 43.0 Å². The number of amides is 1. The van der Waals surface area contributed by atoms with Crippen LogP contribution in [0.4, 0.5) is 0 Å². The molecule has 0 aliphatic carbocycles. The van der Waals surface area contributed by atoms with Gasteiger partial charge < -0.3 is 15.4 Å². The molecule has 1 aliphatic heterocycles. The van der Waals surface area contributed by atoms with Gasteiger partial charge in [-0.1, -0.05) is 12.1 Å². The molecule has 4 nitrogen and oxygen atoms in total. The molecule has 4 heteroatoms. The second-order valence-electron chi connectivity index (χ2n) is 5.49. The van der Waals surface area contributed by atoms with Crippen molar-refractivity contribution in [3.8, 4) is 5.75 Å². The monoisotopic (exact) mass is 276 g/mol. The molecule has 0 bridgehead atoms. The van der Waals surface area contributed by atoms with E-state index in [0.29, 0.717) is 6.54 Å². The van der Waals surface area contributed by atoms with Crippen LogP contribution in [0.5, 0.6) is 5.75 Å². The first kappa shape index (κ1) is 14.9. The van der Waals surface area contributed by atoms with Gasteiger partial charge in [0.05, 0.1) is 0 Å². The molecule has 1 aromatic rings. The maximum atomic E-state index is 12.5. The fourth-order valence-corrected chi connectivity index (χ4v) is 2.71. The summed E-state index contributed by atoms with van der Waals surface area (Å²) < 4.78 is 5.77. The maximum absolute atomic E-state index is 12.5. The normalized spacial score (nSPS) is 20.6. The lowest BCUT2D eigenvalue weighted by atomic mass is 10.0. The Labute approximate surface area is 120 Å². The van der Waals surface area contributed by atoms with Gasteiger partial charge in [-0.05, 0) is 50.8 Å². The summed E-state index contributed by atoms with van der Waals surface area (Å²) >= 11 is 0. The molecule has 0 saturated carbocycles. The maximum Gasteiger partial charge on any atom is 0.263 e. The summed E-state index contributed by atoms with van der Waals surface area (Å²) in [5.41, 5.74) is 6.89. The zero-order valence-corrected chi connectivity index (χ0v) is 12.3. The van der Waals surface area contributed by atoms with E-state index in [1.165, 1.54) is 0 Å². The Morgan fingerprint density at radius 2 is 2.30 bits per heavy atom. The summed E-state index contributed by atoms with van der Waals surface area (Å²) in [6.07, 6.45) is 2.74. The molecule has 110 valence electrons. The molecule has 1 aliphatic rings. The number of nitrogens with zero attached hydrogens (tertiary/aromatic N) is 1. The summed E-state index contributed by atoms with van der Waals surface area (Å²) in [6.45, 7) is 5.15. The molecule has 1 amide bonds. The highest BCUT2D eigenvalue weighted by molar-refractivity contribution is 5.81. The Bertz CT molecular complexity index is 462. The molecule has 2 rings (SSSR count). The average molecular weight is 276 g/mol. The highest BCUT2D eigenvalue weighted by atomic mass is 16.5. The predicted molar refractivity (Wildman–Crippen MR) is 79.7 cm³/mol. The summed E-state index contributed by atoms with van der Waals surface area (Å²) in [4.78, 5) is 14.4. The second kappa shape index (κ2) is 6.75. The molecule has 1 aromatic carbocycles. The molecular weight excluding hydrogens is 252 g/mol. The smallest absolute Gasteiger partial charge is 0.263 e. The molecule has 1 heterocycles. The first-order chi connectivity index (χ1) is 9.61. The van der Waals surface area contributed by atoms with Crippen LogP contribution in [-0.4, -0.2) is 36.0 Å². The zero-order chi connectivity index (χ0) is 14.5. The Morgan fingerprint density at radius 3 is 3.00 bits per heavy atom. The van der Waals surface area contributed by atoms with E-state index in [4.69, 9.17) is 10.5 Å². The van der Waals surface area contributed by atoms with E-state index >= 15 is 0 Å². The summed E-state index contributed by atoms with van der Waals surface area (Å²) in [5, 5.41) is 0. The Hall–Kier alpha value is -1.55. The number of rotatable bonds is 4. The number of hydrogen-bond donors (Lipinski definition) is 1. The van der Waals surface area contributed by atoms with Gasteiger partial charge in [-0.2, -0.15) is 0 Å². The number of piperidine rings is 1. The van der Waals surface area contributed by atoms with E-state index in [2.05, 4.69) is 0 Å². The van der Waals surface area contributed by atoms with E-state index in [-0.39, 0.29) is 11.9 Å². The minimum Gasteiger partial charge on any atom is -0.481 e. The standard InChI is InChI=1S/C16H24N2O2/c1-12-6-5-8-15(10-12)20-13(2)16(19)18-9-4-3-7-14(18)11-17/h5-6,8,10,13-14H,3-4,7,9,11,17H2,1-2H3. The van der Waals surface area contributed by atoms with Gasteiger partial charge in [0.15, 0.2) is 6.10 Å². The van der Waals surface area contributed by atoms with Gasteiger partial charge in [0.1, 0.15) is 5.75 Å². The third-order valence-corrected chi connectivity index (χ3v) is 3.83. The lowest BCUT2D eigenvalue weighted by Crippen LogP contribution is -2.51. The van der Waals surface area contributed by atoms with Gasteiger partial charge in [0.25, 0.3) is 5.91 Å². The largest absolute Gasteiger partial charge is 0.481 e. The number of carbonyl (C=O) groups excluding carboxylic acids is 1. The molecule has 0 aromatic heterocycles. The fourth-order valence-electron chi connectivity index (χ4n) is 2.71. The van der Waals surface area contributed by atoms with Crippen LogP contribution in [0.25, 0.3) is 0 Å². The van der Waals surface area contributed by atoms with Crippen molar-refractivity contribution in [2.24, 2.45) is 5.73 Å². The number of ether oxygens (including phenoxy) is 1. The van der Waals surface area contributed by atoms with Crippen LogP contribution < -0.4 is 10.5 Å². The van der Waals surface area contributed by atoms with E-state index in [9.17, 15) is 4.79 Å². The van der Waals surface area contributed by atoms with Gasteiger partial charge in [0, 0.05) is 19.1 Å². The molecule has 2 unspecified atom stereocenters. The number of carbonyl (C=O) groups is 1. The molecular formula is C16H24N2O2. The van der Waals surface area contributed by atoms with Crippen molar-refractivity contribution in [2.45, 2.75) is 45.3 Å². The molecule has 0 radical (unpaired) electrons. The van der Waals surface area contributed by atoms with Crippen LogP contribution in [0.1, 0.15) is 31.7 Å². The SMILES string of the molecule is Cc1cccc(OC(C)C(=O)N2CCCCC2CN)c1. The van der Waals surface area contributed by atoms with Gasteiger partial charge in [-0.25, -0.2) is 0 Å². The lowest BCUT2D eigenvalue weighted by molar-refractivity contribution is -0.141. The van der Waals surface area contributed by atoms with Crippen LogP contribution in [0.3, 0.4) is 0 Å². The topological polar surface area (TPSA) is 55.6 Å². The third kappa shape index (κ3) is 3.51. The first-order valence-corrected chi connectivity index (χ1v) is 7.35. The van der Waals surface area contributed by atoms with Gasteiger partial charge >= 0.3 is 0 Å². The van der Waals surface area contributed by atoms with Crippen molar-refractivity contribution < 1.29 is 9.53 Å². The minimum atomic E-state index is -0.469. The van der Waals surface area contributed by atoms with Crippen LogP contribution in [0, 0.1) is 6.92 Å². The highest BCUT2D eigenvalue weighted by Crippen LogP contribution is 2.20. The molecule has 1 fully saturated rings. The van der Waals surface area contributed by atoms with Crippen molar-refractivity contribution in [2.75, 3.05) is 13.1 Å². The number of hydrogen-bond acceptors (Lipinski definition) is 3. The van der Waals surface area contributed by atoms with Crippen molar-refractivity contribution in [3.05, 3.63) is 29.8 Å². The molecule has 0 spiro atoms. The van der Waals surface area contributed by atoms with E-state index in [1.54, 1.807) is 0 Å². The quantitative estimate of drug-likeness (QED) is 0.916. The number of likely N-dealkylation sites (tertiary alicyclic amines) is 1. The van der Waals surface area contributed by atoms with Gasteiger partial charge in [0.2, 0.25) is 0 Å². The van der Waals surface area contributed by atoms with E-state index in [0.717, 1.165) is 37.1 Å². The van der Waals surface area contributed by atoms with Crippen molar-refractivity contribution in [1.29, 1.82) is 0 Å². The van der Waals surface area contributed by atoms with Gasteiger partial charge in [-0.3, -0.25) is 4.79 Å². The van der Waals surface area contributed by atoms with E-state index < -0.39 is 6.10 Å². The number of aryl methyl sites for hydroxylation is 1. The predicted octanol–water partition coefficient (Wildman–Crippen LogP) is 2.10. The summed E-state index contributed by atoms with van der Waals surface area (Å²) in [5.74, 6) is 0.786. The van der Waals surface area contributed by atoms with Crippen LogP contribution in [0.2, 0.25) is 0 Å². The Balaban J connectivity index is 2.00. The van der Waals surface area contributed by atoms with Crippen molar-refractivity contribution >= 4 is 5.91 Å². The number of nitrogens with two attached hydrogens (primary N) is 1. The summed E-state index contributed by atoms with van der Waals surface area (Å²) in [6, 6.07) is 7.94. The summed E-state index contributed by atoms with van der Waals surface area (Å²) in [7, 11) is 0. The molecule has 2 N–H and O–H groups in total.